The second kappa shape index (κ2) is 7.12. The van der Waals surface area contributed by atoms with Gasteiger partial charge in [0.15, 0.2) is 5.78 Å². The molecule has 0 aliphatic heterocycles. The van der Waals surface area contributed by atoms with Crippen LogP contribution in [0.2, 0.25) is 0 Å². The minimum atomic E-state index is 0.142. The molecular formula is C20H26N2O2. The largest absolute Gasteiger partial charge is 0.497 e. The standard InChI is InChI=1S/C20H26N2O2/c1-14-12-19(15(2)22(14)17-6-4-5-7-17)20(23)13-21-16-8-10-18(24-3)11-9-16/h8-12,17,21H,4-7,13H2,1-3H3. The van der Waals surface area contributed by atoms with Gasteiger partial charge in [0.25, 0.3) is 0 Å². The fourth-order valence-electron chi connectivity index (χ4n) is 3.77. The highest BCUT2D eigenvalue weighted by molar-refractivity contribution is 6.00. The summed E-state index contributed by atoms with van der Waals surface area (Å²) in [7, 11) is 1.64. The number of aryl methyl sites for hydroxylation is 1. The lowest BCUT2D eigenvalue weighted by Crippen LogP contribution is -2.15. The van der Waals surface area contributed by atoms with Crippen molar-refractivity contribution in [1.29, 1.82) is 0 Å². The number of hydrogen-bond acceptors (Lipinski definition) is 3. The average Bonchev–Trinajstić information content (AvgIpc) is 3.21. The van der Waals surface area contributed by atoms with Crippen molar-refractivity contribution in [2.75, 3.05) is 19.0 Å². The van der Waals surface area contributed by atoms with Gasteiger partial charge in [-0.2, -0.15) is 0 Å². The van der Waals surface area contributed by atoms with Crippen molar-refractivity contribution in [1.82, 2.24) is 4.57 Å². The SMILES string of the molecule is COc1ccc(NCC(=O)c2cc(C)n(C3CCCC3)c2C)cc1. The third kappa shape index (κ3) is 3.32. The van der Waals surface area contributed by atoms with E-state index in [-0.39, 0.29) is 5.78 Å². The maximum atomic E-state index is 12.6. The van der Waals surface area contributed by atoms with E-state index in [9.17, 15) is 4.79 Å². The van der Waals surface area contributed by atoms with Gasteiger partial charge in [-0.15, -0.1) is 0 Å². The van der Waals surface area contributed by atoms with E-state index in [1.54, 1.807) is 7.11 Å². The molecule has 0 unspecified atom stereocenters. The summed E-state index contributed by atoms with van der Waals surface area (Å²) in [6.07, 6.45) is 5.05. The second-order valence-corrected chi connectivity index (χ2v) is 6.60. The van der Waals surface area contributed by atoms with Crippen LogP contribution in [0.1, 0.15) is 53.5 Å². The maximum Gasteiger partial charge on any atom is 0.183 e. The molecule has 1 fully saturated rings. The van der Waals surface area contributed by atoms with Crippen molar-refractivity contribution in [3.8, 4) is 5.75 Å². The number of methoxy groups -OCH3 is 1. The smallest absolute Gasteiger partial charge is 0.183 e. The first-order valence-electron chi connectivity index (χ1n) is 8.69. The molecule has 1 N–H and O–H groups in total. The van der Waals surface area contributed by atoms with Gasteiger partial charge >= 0.3 is 0 Å². The van der Waals surface area contributed by atoms with Gasteiger partial charge in [-0.05, 0) is 57.0 Å². The molecule has 1 aromatic heterocycles. The Hall–Kier alpha value is -2.23. The van der Waals surface area contributed by atoms with Crippen LogP contribution in [-0.4, -0.2) is 24.0 Å². The van der Waals surface area contributed by atoms with Crippen molar-refractivity contribution >= 4 is 11.5 Å². The van der Waals surface area contributed by atoms with Crippen LogP contribution in [0, 0.1) is 13.8 Å². The maximum absolute atomic E-state index is 12.6. The topological polar surface area (TPSA) is 43.3 Å². The van der Waals surface area contributed by atoms with Crippen molar-refractivity contribution < 1.29 is 9.53 Å². The van der Waals surface area contributed by atoms with E-state index in [1.807, 2.05) is 30.3 Å². The average molecular weight is 326 g/mol. The predicted molar refractivity (Wildman–Crippen MR) is 97.2 cm³/mol. The Kier molecular flexibility index (Phi) is 4.93. The third-order valence-corrected chi connectivity index (χ3v) is 5.02. The summed E-state index contributed by atoms with van der Waals surface area (Å²) in [5.41, 5.74) is 4.09. The fourth-order valence-corrected chi connectivity index (χ4v) is 3.77. The first kappa shape index (κ1) is 16.6. The Labute approximate surface area is 143 Å². The molecule has 4 heteroatoms. The van der Waals surface area contributed by atoms with E-state index in [1.165, 1.54) is 31.4 Å². The number of rotatable bonds is 6. The van der Waals surface area contributed by atoms with E-state index in [0.29, 0.717) is 12.6 Å². The van der Waals surface area contributed by atoms with Crippen LogP contribution >= 0.6 is 0 Å². The molecule has 0 atom stereocenters. The first-order chi connectivity index (χ1) is 11.6. The van der Waals surface area contributed by atoms with Crippen LogP contribution < -0.4 is 10.1 Å². The zero-order chi connectivity index (χ0) is 17.1. The zero-order valence-corrected chi connectivity index (χ0v) is 14.8. The molecule has 0 radical (unpaired) electrons. The van der Waals surface area contributed by atoms with Crippen LogP contribution in [0.5, 0.6) is 5.75 Å². The number of Topliss-reactive ketones (excluding diaryl/α,β-unsaturated/α-hetero) is 1. The van der Waals surface area contributed by atoms with Crippen LogP contribution in [0.3, 0.4) is 0 Å². The monoisotopic (exact) mass is 326 g/mol. The number of benzene rings is 1. The first-order valence-corrected chi connectivity index (χ1v) is 8.69. The van der Waals surface area contributed by atoms with Gasteiger partial charge in [-0.1, -0.05) is 12.8 Å². The van der Waals surface area contributed by atoms with Crippen molar-refractivity contribution in [3.05, 3.63) is 47.3 Å². The highest BCUT2D eigenvalue weighted by Gasteiger charge is 2.23. The van der Waals surface area contributed by atoms with E-state index >= 15 is 0 Å². The summed E-state index contributed by atoms with van der Waals surface area (Å²) in [5, 5.41) is 3.21. The van der Waals surface area contributed by atoms with E-state index in [0.717, 1.165) is 22.7 Å². The van der Waals surface area contributed by atoms with Crippen LogP contribution in [0.15, 0.2) is 30.3 Å². The zero-order valence-electron chi connectivity index (χ0n) is 14.8. The van der Waals surface area contributed by atoms with Gasteiger partial charge in [0.05, 0.1) is 13.7 Å². The molecule has 3 rings (SSSR count). The Morgan fingerprint density at radius 1 is 1.21 bits per heavy atom. The van der Waals surface area contributed by atoms with Gasteiger partial charge in [0.2, 0.25) is 0 Å². The minimum absolute atomic E-state index is 0.142. The lowest BCUT2D eigenvalue weighted by molar-refractivity contribution is 0.101. The number of ether oxygens (including phenoxy) is 1. The molecule has 24 heavy (non-hydrogen) atoms. The molecule has 1 saturated carbocycles. The number of ketones is 1. The fraction of sp³-hybridized carbons (Fsp3) is 0.450. The number of aromatic nitrogens is 1. The van der Waals surface area contributed by atoms with Crippen LogP contribution in [0.25, 0.3) is 0 Å². The normalized spacial score (nSPS) is 14.8. The molecule has 0 amide bonds. The lowest BCUT2D eigenvalue weighted by atomic mass is 10.1. The third-order valence-electron chi connectivity index (χ3n) is 5.02. The number of anilines is 1. The molecule has 2 aromatic rings. The Balaban J connectivity index is 1.69. The molecule has 0 saturated heterocycles. The van der Waals surface area contributed by atoms with Crippen molar-refractivity contribution in [2.45, 2.75) is 45.6 Å². The number of carbonyl (C=O) groups excluding carboxylic acids is 1. The van der Waals surface area contributed by atoms with Crippen LogP contribution in [0.4, 0.5) is 5.69 Å². The molecule has 1 heterocycles. The highest BCUT2D eigenvalue weighted by atomic mass is 16.5. The lowest BCUT2D eigenvalue weighted by Gasteiger charge is -2.17. The predicted octanol–water partition coefficient (Wildman–Crippen LogP) is 4.52. The van der Waals surface area contributed by atoms with Gasteiger partial charge in [-0.3, -0.25) is 4.79 Å². The van der Waals surface area contributed by atoms with Crippen molar-refractivity contribution in [3.63, 3.8) is 0 Å². The van der Waals surface area contributed by atoms with Gasteiger partial charge in [0, 0.05) is 28.7 Å². The summed E-state index contributed by atoms with van der Waals surface area (Å²) >= 11 is 0. The Morgan fingerprint density at radius 3 is 2.50 bits per heavy atom. The Bertz CT molecular complexity index is 710. The molecular weight excluding hydrogens is 300 g/mol. The van der Waals surface area contributed by atoms with Gasteiger partial charge < -0.3 is 14.6 Å². The summed E-state index contributed by atoms with van der Waals surface area (Å²) in [5.74, 6) is 0.954. The molecule has 0 spiro atoms. The molecule has 1 aliphatic rings. The quantitative estimate of drug-likeness (QED) is 0.794. The summed E-state index contributed by atoms with van der Waals surface area (Å²) < 4.78 is 7.52. The molecule has 1 aliphatic carbocycles. The van der Waals surface area contributed by atoms with Gasteiger partial charge in [0.1, 0.15) is 5.75 Å². The van der Waals surface area contributed by atoms with E-state index in [2.05, 4.69) is 23.7 Å². The highest BCUT2D eigenvalue weighted by Crippen LogP contribution is 2.33. The van der Waals surface area contributed by atoms with E-state index in [4.69, 9.17) is 4.74 Å². The Morgan fingerprint density at radius 2 is 1.88 bits per heavy atom. The van der Waals surface area contributed by atoms with E-state index < -0.39 is 0 Å². The molecule has 128 valence electrons. The van der Waals surface area contributed by atoms with Crippen molar-refractivity contribution in [2.24, 2.45) is 0 Å². The summed E-state index contributed by atoms with van der Waals surface area (Å²) in [6.45, 7) is 4.49. The second-order valence-electron chi connectivity index (χ2n) is 6.60. The summed E-state index contributed by atoms with van der Waals surface area (Å²) in [6, 6.07) is 10.2. The van der Waals surface area contributed by atoms with Crippen LogP contribution in [-0.2, 0) is 0 Å². The molecule has 0 bridgehead atoms. The van der Waals surface area contributed by atoms with Gasteiger partial charge in [-0.25, -0.2) is 0 Å². The molecule has 1 aromatic carbocycles. The number of nitrogens with zero attached hydrogens (tertiary/aromatic N) is 1. The number of carbonyl (C=O) groups is 1. The minimum Gasteiger partial charge on any atom is -0.497 e. The number of nitrogens with one attached hydrogen (secondary N) is 1. The molecule has 4 nitrogen and oxygen atoms in total. The summed E-state index contributed by atoms with van der Waals surface area (Å²) in [4.78, 5) is 12.6. The number of hydrogen-bond donors (Lipinski definition) is 1.